The first-order valence-electron chi connectivity index (χ1n) is 9.99. The van der Waals surface area contributed by atoms with Crippen molar-refractivity contribution in [2.75, 3.05) is 0 Å². The third kappa shape index (κ3) is 9.92. The average molecular weight is 445 g/mol. The van der Waals surface area contributed by atoms with Gasteiger partial charge in [0.2, 0.25) is 0 Å². The number of rotatable bonds is 6. The van der Waals surface area contributed by atoms with Crippen LogP contribution in [0, 0.1) is 0 Å². The molecule has 0 atom stereocenters. The molecule has 0 aliphatic heterocycles. The van der Waals surface area contributed by atoms with Gasteiger partial charge in [-0.05, 0) is 39.9 Å². The Hall–Kier alpha value is -3.62. The zero-order valence-corrected chi connectivity index (χ0v) is 19.2. The summed E-state index contributed by atoms with van der Waals surface area (Å²) in [4.78, 5) is 10.5. The number of carbonyl (C=O) groups excluding carboxylic acids is 1. The molecule has 3 heteroatoms. The molecular weight excluding hydrogens is 416 g/mol. The van der Waals surface area contributed by atoms with Crippen LogP contribution in [-0.2, 0) is 10.7 Å². The van der Waals surface area contributed by atoms with Gasteiger partial charge in [-0.15, -0.1) is 11.6 Å². The fraction of sp³-hybridized carbons (Fsp3) is 0.0690. The second-order valence-electron chi connectivity index (χ2n) is 6.48. The number of hydrogen-bond acceptors (Lipinski definition) is 2. The number of esters is 1. The molecule has 3 rings (SSSR count). The summed E-state index contributed by atoms with van der Waals surface area (Å²) in [7, 11) is 0. The number of carbonyl (C=O) groups is 1. The van der Waals surface area contributed by atoms with Crippen LogP contribution in [0.3, 0.4) is 0 Å². The van der Waals surface area contributed by atoms with Crippen LogP contribution in [0.4, 0.5) is 0 Å². The van der Waals surface area contributed by atoms with Gasteiger partial charge in [0.1, 0.15) is 5.75 Å². The summed E-state index contributed by atoms with van der Waals surface area (Å²) in [5, 5.41) is 0. The molecule has 0 aliphatic carbocycles. The SMILES string of the molecule is C=Cc1ccc(CCl)cc1.C=Cc1ccc(OC(C)=O)cc1.C=Cc1ccccc1C=C. The predicted octanol–water partition coefficient (Wildman–Crippen LogP) is 8.30. The second-order valence-corrected chi connectivity index (χ2v) is 6.75. The molecule has 0 aromatic heterocycles. The van der Waals surface area contributed by atoms with Crippen LogP contribution in [-0.4, -0.2) is 5.97 Å². The highest BCUT2D eigenvalue weighted by Gasteiger charge is 1.95. The highest BCUT2D eigenvalue weighted by Crippen LogP contribution is 2.12. The first kappa shape index (κ1) is 26.4. The van der Waals surface area contributed by atoms with Gasteiger partial charge in [0.25, 0.3) is 0 Å². The number of hydrogen-bond donors (Lipinski definition) is 0. The van der Waals surface area contributed by atoms with Crippen molar-refractivity contribution in [1.29, 1.82) is 0 Å². The summed E-state index contributed by atoms with van der Waals surface area (Å²) in [6, 6.07) is 23.2. The predicted molar refractivity (Wildman–Crippen MR) is 141 cm³/mol. The van der Waals surface area contributed by atoms with E-state index in [9.17, 15) is 4.79 Å². The van der Waals surface area contributed by atoms with Gasteiger partial charge in [0.15, 0.2) is 0 Å². The Morgan fingerprint density at radius 2 is 1.19 bits per heavy atom. The fourth-order valence-corrected chi connectivity index (χ4v) is 2.64. The number of ether oxygens (including phenoxy) is 1. The number of benzene rings is 3. The zero-order valence-electron chi connectivity index (χ0n) is 18.5. The first-order valence-corrected chi connectivity index (χ1v) is 10.5. The Labute approximate surface area is 196 Å². The van der Waals surface area contributed by atoms with Crippen molar-refractivity contribution >= 4 is 41.9 Å². The summed E-state index contributed by atoms with van der Waals surface area (Å²) in [6.45, 7) is 16.0. The maximum Gasteiger partial charge on any atom is 0.308 e. The minimum absolute atomic E-state index is 0.304. The van der Waals surface area contributed by atoms with Crippen molar-refractivity contribution < 1.29 is 9.53 Å². The van der Waals surface area contributed by atoms with Gasteiger partial charge < -0.3 is 4.74 Å². The lowest BCUT2D eigenvalue weighted by Crippen LogP contribution is -2.00. The summed E-state index contributed by atoms with van der Waals surface area (Å²) in [5.41, 5.74) is 5.56. The minimum Gasteiger partial charge on any atom is -0.427 e. The standard InChI is InChI=1S/C10H10O2.C10H10.C9H9Cl/c1-3-9-4-6-10(7-5-9)12-8(2)11;1-3-9-7-5-6-8-10(9)4-2;1-2-8-3-5-9(7-10)6-4-8/h3-7H,1H2,2H3;3-8H,1-2H2;2-6H,1,7H2. The zero-order chi connectivity index (χ0) is 23.8. The van der Waals surface area contributed by atoms with E-state index in [2.05, 4.69) is 26.3 Å². The van der Waals surface area contributed by atoms with E-state index < -0.39 is 0 Å². The van der Waals surface area contributed by atoms with Gasteiger partial charge in [-0.3, -0.25) is 4.79 Å². The molecule has 0 heterocycles. The van der Waals surface area contributed by atoms with Crippen molar-refractivity contribution in [1.82, 2.24) is 0 Å². The fourth-order valence-electron chi connectivity index (χ4n) is 2.46. The Morgan fingerprint density at radius 3 is 1.53 bits per heavy atom. The van der Waals surface area contributed by atoms with Gasteiger partial charge in [0.05, 0.1) is 0 Å². The van der Waals surface area contributed by atoms with Crippen LogP contribution in [0.15, 0.2) is 99.1 Å². The topological polar surface area (TPSA) is 26.3 Å². The van der Waals surface area contributed by atoms with Gasteiger partial charge in [-0.25, -0.2) is 0 Å². The normalized spacial score (nSPS) is 9.06. The molecule has 164 valence electrons. The first-order chi connectivity index (χ1) is 15.5. The van der Waals surface area contributed by atoms with E-state index in [-0.39, 0.29) is 5.97 Å². The van der Waals surface area contributed by atoms with Crippen LogP contribution in [0.25, 0.3) is 24.3 Å². The smallest absolute Gasteiger partial charge is 0.308 e. The quantitative estimate of drug-likeness (QED) is 0.217. The molecule has 32 heavy (non-hydrogen) atoms. The van der Waals surface area contributed by atoms with Crippen molar-refractivity contribution in [3.05, 3.63) is 127 Å². The Bertz CT molecular complexity index is 989. The van der Waals surface area contributed by atoms with Crippen LogP contribution < -0.4 is 4.74 Å². The molecule has 0 saturated carbocycles. The molecule has 0 radical (unpaired) electrons. The molecule has 0 saturated heterocycles. The third-order valence-electron chi connectivity index (χ3n) is 4.18. The van der Waals surface area contributed by atoms with Gasteiger partial charge >= 0.3 is 5.97 Å². The van der Waals surface area contributed by atoms with Gasteiger partial charge in [0, 0.05) is 12.8 Å². The lowest BCUT2D eigenvalue weighted by atomic mass is 10.1. The summed E-state index contributed by atoms with van der Waals surface area (Å²) in [6.07, 6.45) is 7.21. The monoisotopic (exact) mass is 444 g/mol. The van der Waals surface area contributed by atoms with E-state index in [0.29, 0.717) is 11.6 Å². The second kappa shape index (κ2) is 15.2. The Balaban J connectivity index is 0.000000241. The van der Waals surface area contributed by atoms with Crippen molar-refractivity contribution in [2.45, 2.75) is 12.8 Å². The highest BCUT2D eigenvalue weighted by molar-refractivity contribution is 6.17. The van der Waals surface area contributed by atoms with Crippen molar-refractivity contribution in [2.24, 2.45) is 0 Å². The van der Waals surface area contributed by atoms with Crippen LogP contribution in [0.1, 0.15) is 34.7 Å². The van der Waals surface area contributed by atoms with Gasteiger partial charge in [-0.1, -0.05) is 111 Å². The number of halogens is 1. The highest BCUT2D eigenvalue weighted by atomic mass is 35.5. The van der Waals surface area contributed by atoms with E-state index in [1.54, 1.807) is 18.2 Å². The van der Waals surface area contributed by atoms with Gasteiger partial charge in [-0.2, -0.15) is 0 Å². The summed E-state index contributed by atoms with van der Waals surface area (Å²) < 4.78 is 4.84. The molecule has 0 fully saturated rings. The van der Waals surface area contributed by atoms with E-state index in [1.807, 2.05) is 78.9 Å². The molecule has 0 spiro atoms. The maximum atomic E-state index is 10.5. The molecule has 0 aliphatic rings. The third-order valence-corrected chi connectivity index (χ3v) is 4.49. The molecule has 3 aromatic carbocycles. The minimum atomic E-state index is -0.304. The number of alkyl halides is 1. The summed E-state index contributed by atoms with van der Waals surface area (Å²) >= 11 is 5.60. The molecule has 0 amide bonds. The molecule has 0 bridgehead atoms. The molecule has 0 unspecified atom stereocenters. The van der Waals surface area contributed by atoms with E-state index >= 15 is 0 Å². The Morgan fingerprint density at radius 1 is 0.750 bits per heavy atom. The van der Waals surface area contributed by atoms with Crippen molar-refractivity contribution in [3.63, 3.8) is 0 Å². The molecule has 0 N–H and O–H groups in total. The van der Waals surface area contributed by atoms with Crippen LogP contribution in [0.2, 0.25) is 0 Å². The lowest BCUT2D eigenvalue weighted by molar-refractivity contribution is -0.131. The molecule has 2 nitrogen and oxygen atoms in total. The van der Waals surface area contributed by atoms with Crippen LogP contribution >= 0.6 is 11.6 Å². The largest absolute Gasteiger partial charge is 0.427 e. The summed E-state index contributed by atoms with van der Waals surface area (Å²) in [5.74, 6) is 0.840. The maximum absolute atomic E-state index is 10.5. The van der Waals surface area contributed by atoms with E-state index in [0.717, 1.165) is 27.8 Å². The average Bonchev–Trinajstić information content (AvgIpc) is 2.85. The van der Waals surface area contributed by atoms with Crippen molar-refractivity contribution in [3.8, 4) is 5.75 Å². The molecular formula is C29H29ClO2. The van der Waals surface area contributed by atoms with Crippen LogP contribution in [0.5, 0.6) is 5.75 Å². The van der Waals surface area contributed by atoms with E-state index in [4.69, 9.17) is 16.3 Å². The lowest BCUT2D eigenvalue weighted by Gasteiger charge is -1.99. The molecule has 3 aromatic rings. The van der Waals surface area contributed by atoms with E-state index in [1.165, 1.54) is 6.92 Å². The Kier molecular flexibility index (Phi) is 12.6.